The number of hydrogen-bond donors (Lipinski definition) is 1. The molecule has 2 rings (SSSR count). The van der Waals surface area contributed by atoms with Crippen molar-refractivity contribution in [2.75, 3.05) is 6.61 Å². The summed E-state index contributed by atoms with van der Waals surface area (Å²) in [5, 5.41) is 12.8. The SMILES string of the molecule is Cc1cc(/C=C(\C#N)C(=O)OCC(=O)NC(C)C)c(C)n1-c1cccc(Cl)c1Cl. The molecule has 29 heavy (non-hydrogen) atoms. The van der Waals surface area contributed by atoms with Crippen LogP contribution in [0.25, 0.3) is 11.8 Å². The van der Waals surface area contributed by atoms with Crippen molar-refractivity contribution in [3.05, 3.63) is 56.8 Å². The number of halogens is 2. The summed E-state index contributed by atoms with van der Waals surface area (Å²) < 4.78 is 6.82. The standard InChI is InChI=1S/C21H21Cl2N3O3/c1-12(2)25-19(27)11-29-21(28)16(10-24)9-15-8-13(3)26(14(15)4)18-7-5-6-17(22)20(18)23/h5-9,12H,11H2,1-4H3,(H,25,27)/b16-9+. The molecule has 152 valence electrons. The number of rotatable bonds is 6. The van der Waals surface area contributed by atoms with Gasteiger partial charge >= 0.3 is 5.97 Å². The van der Waals surface area contributed by atoms with E-state index in [4.69, 9.17) is 27.9 Å². The molecule has 0 unspecified atom stereocenters. The van der Waals surface area contributed by atoms with Gasteiger partial charge in [0, 0.05) is 17.4 Å². The summed E-state index contributed by atoms with van der Waals surface area (Å²) in [6.45, 7) is 6.85. The lowest BCUT2D eigenvalue weighted by Gasteiger charge is -2.12. The zero-order chi connectivity index (χ0) is 21.7. The molecule has 0 aliphatic rings. The molecule has 0 saturated heterocycles. The van der Waals surface area contributed by atoms with Crippen molar-refractivity contribution in [1.29, 1.82) is 5.26 Å². The van der Waals surface area contributed by atoms with Crippen LogP contribution in [0.2, 0.25) is 10.0 Å². The minimum atomic E-state index is -0.864. The zero-order valence-electron chi connectivity index (χ0n) is 16.5. The number of carbonyl (C=O) groups excluding carboxylic acids is 2. The maximum Gasteiger partial charge on any atom is 0.349 e. The molecular weight excluding hydrogens is 413 g/mol. The number of benzene rings is 1. The summed E-state index contributed by atoms with van der Waals surface area (Å²) in [7, 11) is 0. The second-order valence-electron chi connectivity index (χ2n) is 6.70. The minimum Gasteiger partial charge on any atom is -0.451 e. The summed E-state index contributed by atoms with van der Waals surface area (Å²) in [4.78, 5) is 23.8. The van der Waals surface area contributed by atoms with Crippen molar-refractivity contribution in [2.45, 2.75) is 33.7 Å². The van der Waals surface area contributed by atoms with E-state index >= 15 is 0 Å². The Balaban J connectivity index is 2.31. The summed E-state index contributed by atoms with van der Waals surface area (Å²) in [5.41, 5.74) is 2.75. The molecule has 0 spiro atoms. The lowest BCUT2D eigenvalue weighted by Crippen LogP contribution is -2.34. The van der Waals surface area contributed by atoms with Gasteiger partial charge in [0.15, 0.2) is 6.61 Å². The number of aryl methyl sites for hydroxylation is 1. The fourth-order valence-corrected chi connectivity index (χ4v) is 3.21. The molecule has 0 radical (unpaired) electrons. The van der Waals surface area contributed by atoms with Gasteiger partial charge in [-0.1, -0.05) is 29.3 Å². The normalized spacial score (nSPS) is 11.3. The van der Waals surface area contributed by atoms with Crippen molar-refractivity contribution in [3.63, 3.8) is 0 Å². The quantitative estimate of drug-likeness (QED) is 0.416. The molecule has 1 amide bonds. The third kappa shape index (κ3) is 5.41. The molecule has 1 aromatic heterocycles. The Morgan fingerprint density at radius 2 is 2.00 bits per heavy atom. The number of hydrogen-bond acceptors (Lipinski definition) is 4. The van der Waals surface area contributed by atoms with Gasteiger partial charge in [-0.05, 0) is 57.5 Å². The highest BCUT2D eigenvalue weighted by Crippen LogP contribution is 2.32. The number of nitrogens with zero attached hydrogens (tertiary/aromatic N) is 2. The van der Waals surface area contributed by atoms with Crippen LogP contribution in [-0.4, -0.2) is 29.1 Å². The third-order valence-electron chi connectivity index (χ3n) is 4.07. The van der Waals surface area contributed by atoms with Crippen LogP contribution in [0.4, 0.5) is 0 Å². The second kappa shape index (κ2) is 9.64. The van der Waals surface area contributed by atoms with Crippen molar-refractivity contribution >= 4 is 41.2 Å². The summed E-state index contributed by atoms with van der Waals surface area (Å²) in [6, 6.07) is 8.89. The van der Waals surface area contributed by atoms with Gasteiger partial charge in [0.1, 0.15) is 11.6 Å². The predicted molar refractivity (Wildman–Crippen MR) is 113 cm³/mol. The van der Waals surface area contributed by atoms with Crippen LogP contribution in [0.15, 0.2) is 29.8 Å². The second-order valence-corrected chi connectivity index (χ2v) is 7.49. The van der Waals surface area contributed by atoms with Gasteiger partial charge < -0.3 is 14.6 Å². The number of carbonyl (C=O) groups is 2. The smallest absolute Gasteiger partial charge is 0.349 e. The number of ether oxygens (including phenoxy) is 1. The van der Waals surface area contributed by atoms with Crippen LogP contribution in [0.3, 0.4) is 0 Å². The first kappa shape index (κ1) is 22.5. The van der Waals surface area contributed by atoms with Gasteiger partial charge in [-0.25, -0.2) is 4.79 Å². The monoisotopic (exact) mass is 433 g/mol. The number of amides is 1. The Bertz CT molecular complexity index is 1020. The van der Waals surface area contributed by atoms with Gasteiger partial charge in [-0.2, -0.15) is 5.26 Å². The molecule has 0 aliphatic heterocycles. The molecule has 1 aromatic carbocycles. The summed E-state index contributed by atoms with van der Waals surface area (Å²) in [6.07, 6.45) is 1.43. The van der Waals surface area contributed by atoms with Crippen LogP contribution >= 0.6 is 23.2 Å². The third-order valence-corrected chi connectivity index (χ3v) is 4.88. The van der Waals surface area contributed by atoms with Crippen molar-refractivity contribution in [2.24, 2.45) is 0 Å². The largest absolute Gasteiger partial charge is 0.451 e. The minimum absolute atomic E-state index is 0.0733. The van der Waals surface area contributed by atoms with E-state index in [-0.39, 0.29) is 11.6 Å². The number of nitriles is 1. The lowest BCUT2D eigenvalue weighted by atomic mass is 10.1. The molecule has 0 atom stereocenters. The van der Waals surface area contributed by atoms with E-state index in [0.717, 1.165) is 11.4 Å². The average Bonchev–Trinajstić information content (AvgIpc) is 2.93. The van der Waals surface area contributed by atoms with Gasteiger partial charge in [-0.15, -0.1) is 0 Å². The van der Waals surface area contributed by atoms with Crippen molar-refractivity contribution in [3.8, 4) is 11.8 Å². The highest BCUT2D eigenvalue weighted by Gasteiger charge is 2.17. The van der Waals surface area contributed by atoms with Crippen LogP contribution in [0.5, 0.6) is 0 Å². The summed E-state index contributed by atoms with van der Waals surface area (Å²) >= 11 is 12.5. The van der Waals surface area contributed by atoms with Crippen molar-refractivity contribution < 1.29 is 14.3 Å². The maximum atomic E-state index is 12.2. The number of nitrogens with one attached hydrogen (secondary N) is 1. The molecule has 0 fully saturated rings. The highest BCUT2D eigenvalue weighted by molar-refractivity contribution is 6.43. The van der Waals surface area contributed by atoms with E-state index in [2.05, 4.69) is 5.32 Å². The van der Waals surface area contributed by atoms with E-state index in [0.29, 0.717) is 21.3 Å². The van der Waals surface area contributed by atoms with E-state index in [1.54, 1.807) is 26.0 Å². The van der Waals surface area contributed by atoms with E-state index in [9.17, 15) is 14.9 Å². The van der Waals surface area contributed by atoms with Crippen LogP contribution in [-0.2, 0) is 14.3 Å². The van der Waals surface area contributed by atoms with Crippen molar-refractivity contribution in [1.82, 2.24) is 9.88 Å². The molecule has 6 nitrogen and oxygen atoms in total. The molecule has 1 N–H and O–H groups in total. The molecule has 8 heteroatoms. The van der Waals surface area contributed by atoms with Gasteiger partial charge in [0.25, 0.3) is 5.91 Å². The Labute approximate surface area is 179 Å². The predicted octanol–water partition coefficient (Wildman–Crippen LogP) is 4.38. The van der Waals surface area contributed by atoms with E-state index in [1.807, 2.05) is 36.6 Å². The Morgan fingerprint density at radius 1 is 1.31 bits per heavy atom. The molecule has 0 aliphatic carbocycles. The molecule has 0 saturated carbocycles. The first-order valence-corrected chi connectivity index (χ1v) is 9.63. The fraction of sp³-hybridized carbons (Fsp3) is 0.286. The Hall–Kier alpha value is -2.75. The number of esters is 1. The van der Waals surface area contributed by atoms with Gasteiger partial charge in [-0.3, -0.25) is 4.79 Å². The lowest BCUT2D eigenvalue weighted by molar-refractivity contribution is -0.144. The van der Waals surface area contributed by atoms with Gasteiger partial charge in [0.2, 0.25) is 0 Å². The average molecular weight is 434 g/mol. The van der Waals surface area contributed by atoms with Crippen LogP contribution in [0, 0.1) is 25.2 Å². The molecular formula is C21H21Cl2N3O3. The maximum absolute atomic E-state index is 12.2. The van der Waals surface area contributed by atoms with Crippen LogP contribution in [0.1, 0.15) is 30.8 Å². The summed E-state index contributed by atoms with van der Waals surface area (Å²) in [5.74, 6) is -1.29. The van der Waals surface area contributed by atoms with E-state index in [1.165, 1.54) is 6.08 Å². The zero-order valence-corrected chi connectivity index (χ0v) is 18.1. The number of aromatic nitrogens is 1. The Morgan fingerprint density at radius 3 is 2.62 bits per heavy atom. The molecule has 0 bridgehead atoms. The van der Waals surface area contributed by atoms with Crippen LogP contribution < -0.4 is 5.32 Å². The Kier molecular flexibility index (Phi) is 7.49. The first-order chi connectivity index (χ1) is 13.6. The van der Waals surface area contributed by atoms with E-state index < -0.39 is 18.5 Å². The molecule has 2 aromatic rings. The first-order valence-electron chi connectivity index (χ1n) is 8.87. The topological polar surface area (TPSA) is 84.1 Å². The fourth-order valence-electron chi connectivity index (χ4n) is 2.83. The highest BCUT2D eigenvalue weighted by atomic mass is 35.5. The van der Waals surface area contributed by atoms with Gasteiger partial charge in [0.05, 0.1) is 15.7 Å². The molecule has 1 heterocycles.